The summed E-state index contributed by atoms with van der Waals surface area (Å²) in [5.41, 5.74) is 4.38. The number of para-hydroxylation sites is 1. The van der Waals surface area contributed by atoms with E-state index in [1.807, 2.05) is 77.1 Å². The number of anilines is 2. The molecule has 0 saturated heterocycles. The molecule has 0 unspecified atom stereocenters. The van der Waals surface area contributed by atoms with Crippen LogP contribution in [0.3, 0.4) is 0 Å². The molecule has 2 aromatic carbocycles. The third kappa shape index (κ3) is 3.24. The molecule has 0 radical (unpaired) electrons. The summed E-state index contributed by atoms with van der Waals surface area (Å²) in [5.74, 6) is 1.29. The highest BCUT2D eigenvalue weighted by Crippen LogP contribution is 2.30. The summed E-state index contributed by atoms with van der Waals surface area (Å²) < 4.78 is 9.35. The van der Waals surface area contributed by atoms with Gasteiger partial charge < -0.3 is 14.6 Å². The van der Waals surface area contributed by atoms with Crippen molar-refractivity contribution < 1.29 is 4.74 Å². The molecule has 8 heteroatoms. The molecule has 8 nitrogen and oxygen atoms in total. The van der Waals surface area contributed by atoms with Crippen LogP contribution in [0.1, 0.15) is 5.69 Å². The first-order chi connectivity index (χ1) is 14.7. The number of nitrogens with zero attached hydrogens (tertiary/aromatic N) is 6. The summed E-state index contributed by atoms with van der Waals surface area (Å²) in [5, 5.41) is 17.3. The van der Waals surface area contributed by atoms with Gasteiger partial charge in [0, 0.05) is 29.5 Å². The van der Waals surface area contributed by atoms with Crippen molar-refractivity contribution in [1.82, 2.24) is 29.5 Å². The molecule has 0 amide bonds. The van der Waals surface area contributed by atoms with E-state index in [0.29, 0.717) is 11.6 Å². The molecular weight excluding hydrogens is 378 g/mol. The second kappa shape index (κ2) is 7.32. The Balaban J connectivity index is 1.50. The molecule has 0 bridgehead atoms. The lowest BCUT2D eigenvalue weighted by molar-refractivity contribution is 0.413. The van der Waals surface area contributed by atoms with E-state index in [1.165, 1.54) is 0 Å². The van der Waals surface area contributed by atoms with Crippen LogP contribution < -0.4 is 10.1 Å². The van der Waals surface area contributed by atoms with E-state index < -0.39 is 0 Å². The molecule has 148 valence electrons. The molecule has 3 heterocycles. The first-order valence-electron chi connectivity index (χ1n) is 9.44. The molecular formula is C22H19N7O. The van der Waals surface area contributed by atoms with E-state index >= 15 is 0 Å². The van der Waals surface area contributed by atoms with Crippen LogP contribution in [-0.2, 0) is 0 Å². The lowest BCUT2D eigenvalue weighted by Crippen LogP contribution is -2.00. The standard InChI is InChI=1S/C22H19N7O/c1-15-12-28(14-23-15)19-9-8-17(10-20(19)30-2)25-22-21-16(11-24-26-22)13-29(27-21)18-6-4-3-5-7-18/h3-14H,1-2H3,(H,25,26). The van der Waals surface area contributed by atoms with Crippen LogP contribution in [0.2, 0.25) is 0 Å². The Hall–Kier alpha value is -4.20. The van der Waals surface area contributed by atoms with Crippen molar-refractivity contribution in [3.8, 4) is 17.1 Å². The third-order valence-electron chi connectivity index (χ3n) is 4.77. The second-order valence-electron chi connectivity index (χ2n) is 6.84. The summed E-state index contributed by atoms with van der Waals surface area (Å²) in [7, 11) is 1.65. The molecule has 5 rings (SSSR count). The van der Waals surface area contributed by atoms with E-state index in [-0.39, 0.29) is 0 Å². The molecule has 5 aromatic rings. The number of hydrogen-bond donors (Lipinski definition) is 1. The summed E-state index contributed by atoms with van der Waals surface area (Å²) in [6.07, 6.45) is 7.36. The molecule has 0 atom stereocenters. The zero-order valence-electron chi connectivity index (χ0n) is 16.5. The minimum atomic E-state index is 0.579. The van der Waals surface area contributed by atoms with Gasteiger partial charge in [0.1, 0.15) is 11.3 Å². The molecule has 0 aliphatic heterocycles. The van der Waals surface area contributed by atoms with Crippen LogP contribution in [-0.4, -0.2) is 36.6 Å². The quantitative estimate of drug-likeness (QED) is 0.482. The van der Waals surface area contributed by atoms with Crippen LogP contribution in [0.4, 0.5) is 11.5 Å². The Kier molecular flexibility index (Phi) is 4.36. The minimum absolute atomic E-state index is 0.579. The smallest absolute Gasteiger partial charge is 0.181 e. The average molecular weight is 397 g/mol. The number of aromatic nitrogens is 6. The zero-order chi connectivity index (χ0) is 20.5. The van der Waals surface area contributed by atoms with Gasteiger partial charge in [-0.05, 0) is 31.2 Å². The Labute approximate surface area is 172 Å². The Morgan fingerprint density at radius 1 is 1.03 bits per heavy atom. The van der Waals surface area contributed by atoms with E-state index in [9.17, 15) is 0 Å². The first-order valence-corrected chi connectivity index (χ1v) is 9.44. The fourth-order valence-corrected chi connectivity index (χ4v) is 3.32. The largest absolute Gasteiger partial charge is 0.494 e. The number of methoxy groups -OCH3 is 1. The van der Waals surface area contributed by atoms with E-state index in [0.717, 1.165) is 33.7 Å². The average Bonchev–Trinajstić information content (AvgIpc) is 3.41. The number of aryl methyl sites for hydroxylation is 1. The van der Waals surface area contributed by atoms with Gasteiger partial charge in [-0.2, -0.15) is 10.2 Å². The Bertz CT molecular complexity index is 1320. The predicted molar refractivity (Wildman–Crippen MR) is 115 cm³/mol. The van der Waals surface area contributed by atoms with Gasteiger partial charge in [-0.25, -0.2) is 9.67 Å². The second-order valence-corrected chi connectivity index (χ2v) is 6.84. The van der Waals surface area contributed by atoms with Gasteiger partial charge >= 0.3 is 0 Å². The van der Waals surface area contributed by atoms with Crippen molar-refractivity contribution in [2.75, 3.05) is 12.4 Å². The van der Waals surface area contributed by atoms with Crippen molar-refractivity contribution in [3.05, 3.63) is 79.1 Å². The molecule has 0 aliphatic carbocycles. The van der Waals surface area contributed by atoms with Crippen molar-refractivity contribution >= 4 is 22.4 Å². The van der Waals surface area contributed by atoms with E-state index in [1.54, 1.807) is 19.6 Å². The van der Waals surface area contributed by atoms with Gasteiger partial charge in [0.25, 0.3) is 0 Å². The number of imidazole rings is 1. The number of benzene rings is 2. The fraction of sp³-hybridized carbons (Fsp3) is 0.0909. The van der Waals surface area contributed by atoms with Gasteiger partial charge in [0.05, 0.1) is 36.7 Å². The molecule has 3 aromatic heterocycles. The van der Waals surface area contributed by atoms with Crippen molar-refractivity contribution in [2.24, 2.45) is 0 Å². The molecule has 0 fully saturated rings. The van der Waals surface area contributed by atoms with Crippen molar-refractivity contribution in [2.45, 2.75) is 6.92 Å². The monoisotopic (exact) mass is 397 g/mol. The number of hydrogen-bond acceptors (Lipinski definition) is 6. The van der Waals surface area contributed by atoms with Gasteiger partial charge in [-0.1, -0.05) is 18.2 Å². The molecule has 30 heavy (non-hydrogen) atoms. The van der Waals surface area contributed by atoms with Crippen LogP contribution in [0.5, 0.6) is 5.75 Å². The van der Waals surface area contributed by atoms with Crippen LogP contribution in [0.15, 0.2) is 73.4 Å². The predicted octanol–water partition coefficient (Wildman–Crippen LogP) is 4.06. The topological polar surface area (TPSA) is 82.7 Å². The molecule has 0 aliphatic rings. The normalized spacial score (nSPS) is 11.0. The van der Waals surface area contributed by atoms with E-state index in [4.69, 9.17) is 9.84 Å². The van der Waals surface area contributed by atoms with Crippen LogP contribution in [0.25, 0.3) is 22.3 Å². The Morgan fingerprint density at radius 3 is 2.67 bits per heavy atom. The zero-order valence-corrected chi connectivity index (χ0v) is 16.5. The number of nitrogens with one attached hydrogen (secondary N) is 1. The number of ether oxygens (including phenoxy) is 1. The van der Waals surface area contributed by atoms with Gasteiger partial charge in [0.15, 0.2) is 5.82 Å². The van der Waals surface area contributed by atoms with Gasteiger partial charge in [-0.3, -0.25) is 0 Å². The molecule has 0 saturated carbocycles. The summed E-state index contributed by atoms with van der Waals surface area (Å²) in [4.78, 5) is 4.28. The highest BCUT2D eigenvalue weighted by Gasteiger charge is 2.12. The maximum absolute atomic E-state index is 5.59. The number of rotatable bonds is 5. The van der Waals surface area contributed by atoms with Crippen molar-refractivity contribution in [3.63, 3.8) is 0 Å². The van der Waals surface area contributed by atoms with Crippen LogP contribution >= 0.6 is 0 Å². The van der Waals surface area contributed by atoms with Gasteiger partial charge in [-0.15, -0.1) is 5.10 Å². The highest BCUT2D eigenvalue weighted by atomic mass is 16.5. The number of fused-ring (bicyclic) bond motifs is 1. The maximum Gasteiger partial charge on any atom is 0.181 e. The van der Waals surface area contributed by atoms with Crippen LogP contribution in [0, 0.1) is 6.92 Å². The third-order valence-corrected chi connectivity index (χ3v) is 4.77. The summed E-state index contributed by atoms with van der Waals surface area (Å²) in [6, 6.07) is 15.8. The molecule has 1 N–H and O–H groups in total. The maximum atomic E-state index is 5.59. The summed E-state index contributed by atoms with van der Waals surface area (Å²) >= 11 is 0. The van der Waals surface area contributed by atoms with Gasteiger partial charge in [0.2, 0.25) is 0 Å². The van der Waals surface area contributed by atoms with E-state index in [2.05, 4.69) is 20.5 Å². The highest BCUT2D eigenvalue weighted by molar-refractivity contribution is 5.89. The summed E-state index contributed by atoms with van der Waals surface area (Å²) in [6.45, 7) is 1.95. The Morgan fingerprint density at radius 2 is 1.90 bits per heavy atom. The first kappa shape index (κ1) is 17.9. The fourth-order valence-electron chi connectivity index (χ4n) is 3.32. The lowest BCUT2D eigenvalue weighted by Gasteiger charge is -2.12. The SMILES string of the molecule is COc1cc(Nc2nncc3cn(-c4ccccc4)nc23)ccc1-n1cnc(C)c1. The molecule has 0 spiro atoms. The minimum Gasteiger partial charge on any atom is -0.494 e. The van der Waals surface area contributed by atoms with Crippen molar-refractivity contribution in [1.29, 1.82) is 0 Å². The lowest BCUT2D eigenvalue weighted by atomic mass is 10.2.